The molecule has 2 aromatic carbocycles. The van der Waals surface area contributed by atoms with Crippen LogP contribution in [-0.2, 0) is 4.79 Å². The van der Waals surface area contributed by atoms with E-state index in [-0.39, 0.29) is 11.9 Å². The lowest BCUT2D eigenvalue weighted by Gasteiger charge is -2.40. The van der Waals surface area contributed by atoms with Gasteiger partial charge in [0, 0.05) is 30.8 Å². The first-order valence-electron chi connectivity index (χ1n) is 12.8. The van der Waals surface area contributed by atoms with E-state index < -0.39 is 6.09 Å². The largest absolute Gasteiger partial charge is 0.419 e. The summed E-state index contributed by atoms with van der Waals surface area (Å²) in [6, 6.07) is 13.6. The van der Waals surface area contributed by atoms with Crippen LogP contribution in [0, 0.1) is 6.92 Å². The van der Waals surface area contributed by atoms with Crippen molar-refractivity contribution in [1.82, 2.24) is 5.01 Å². The first-order chi connectivity index (χ1) is 17.3. The van der Waals surface area contributed by atoms with Crippen LogP contribution in [0.4, 0.5) is 16.2 Å². The van der Waals surface area contributed by atoms with E-state index in [1.807, 2.05) is 55.3 Å². The van der Waals surface area contributed by atoms with Crippen LogP contribution in [-0.4, -0.2) is 35.6 Å². The fraction of sp³-hybridized carbons (Fsp3) is 0.379. The molecule has 2 aliphatic carbocycles. The maximum absolute atomic E-state index is 13.4. The Morgan fingerprint density at radius 1 is 1.11 bits per heavy atom. The minimum absolute atomic E-state index is 0.0562. The van der Waals surface area contributed by atoms with Gasteiger partial charge in [0.25, 0.3) is 0 Å². The zero-order valence-corrected chi connectivity index (χ0v) is 21.2. The van der Waals surface area contributed by atoms with Gasteiger partial charge in [0.05, 0.1) is 17.4 Å². The van der Waals surface area contributed by atoms with Gasteiger partial charge in [0.2, 0.25) is 5.91 Å². The first kappa shape index (κ1) is 24.1. The van der Waals surface area contributed by atoms with Crippen LogP contribution in [0.3, 0.4) is 0 Å². The number of nitrogens with zero attached hydrogens (tertiary/aromatic N) is 3. The van der Waals surface area contributed by atoms with Gasteiger partial charge in [-0.05, 0) is 81.3 Å². The molecule has 0 aromatic heterocycles. The standard InChI is InChI=1S/C29H34N4O3/c1-19-8-7-9-24(16-19)36-29(35)31-18-20(2)32(21(3)34)27-15-12-22(17-28(27)31)25-10-5-4-6-11-26(25)33(30)23-13-14-23/h5,7-10,12,15-17,20,23H,4,6,11,13-14,18,30H2,1-3H3/t20-/m0/s1. The molecule has 3 aliphatic rings. The molecule has 188 valence electrons. The van der Waals surface area contributed by atoms with Crippen molar-refractivity contribution in [2.45, 2.75) is 65.0 Å². The number of allylic oxidation sites excluding steroid dienone is 4. The molecule has 7 heteroatoms. The Hall–Kier alpha value is -3.58. The Kier molecular flexibility index (Phi) is 6.58. The van der Waals surface area contributed by atoms with Gasteiger partial charge in [-0.25, -0.2) is 10.6 Å². The van der Waals surface area contributed by atoms with Gasteiger partial charge in [-0.3, -0.25) is 9.69 Å². The number of amides is 2. The number of hydrogen-bond acceptors (Lipinski definition) is 5. The molecule has 0 spiro atoms. The molecule has 2 N–H and O–H groups in total. The highest BCUT2D eigenvalue weighted by Gasteiger charge is 2.35. The lowest BCUT2D eigenvalue weighted by atomic mass is 9.98. The Labute approximate surface area is 212 Å². The van der Waals surface area contributed by atoms with Gasteiger partial charge in [-0.1, -0.05) is 30.4 Å². The van der Waals surface area contributed by atoms with E-state index in [0.717, 1.165) is 54.5 Å². The molecule has 1 fully saturated rings. The summed E-state index contributed by atoms with van der Waals surface area (Å²) in [6.07, 6.45) is 9.06. The van der Waals surface area contributed by atoms with Crippen molar-refractivity contribution in [3.63, 3.8) is 0 Å². The van der Waals surface area contributed by atoms with Gasteiger partial charge in [0.15, 0.2) is 0 Å². The van der Waals surface area contributed by atoms with Crippen LogP contribution < -0.4 is 20.4 Å². The lowest BCUT2D eigenvalue weighted by Crippen LogP contribution is -2.52. The zero-order chi connectivity index (χ0) is 25.4. The third-order valence-corrected chi connectivity index (χ3v) is 7.11. The fourth-order valence-corrected chi connectivity index (χ4v) is 5.20. The van der Waals surface area contributed by atoms with Crippen LogP contribution in [0.5, 0.6) is 5.75 Å². The molecule has 0 radical (unpaired) electrons. The molecule has 36 heavy (non-hydrogen) atoms. The predicted octanol–water partition coefficient (Wildman–Crippen LogP) is 5.54. The van der Waals surface area contributed by atoms with E-state index in [9.17, 15) is 9.59 Å². The Morgan fingerprint density at radius 2 is 1.92 bits per heavy atom. The van der Waals surface area contributed by atoms with Gasteiger partial charge in [0.1, 0.15) is 5.75 Å². The van der Waals surface area contributed by atoms with E-state index in [0.29, 0.717) is 29.7 Å². The second kappa shape index (κ2) is 9.82. The summed E-state index contributed by atoms with van der Waals surface area (Å²) in [7, 11) is 0. The van der Waals surface area contributed by atoms with E-state index in [4.69, 9.17) is 10.6 Å². The highest BCUT2D eigenvalue weighted by molar-refractivity contribution is 6.03. The summed E-state index contributed by atoms with van der Waals surface area (Å²) >= 11 is 0. The Bertz CT molecular complexity index is 1250. The van der Waals surface area contributed by atoms with Crippen molar-refractivity contribution >= 4 is 28.9 Å². The monoisotopic (exact) mass is 486 g/mol. The number of hydrazine groups is 1. The number of fused-ring (bicyclic) bond motifs is 1. The second-order valence-electron chi connectivity index (χ2n) is 10.0. The molecule has 0 saturated heterocycles. The number of carbonyl (C=O) groups is 2. The van der Waals surface area contributed by atoms with Gasteiger partial charge in [-0.15, -0.1) is 0 Å². The smallest absolute Gasteiger partial charge is 0.410 e. The molecule has 7 nitrogen and oxygen atoms in total. The number of benzene rings is 2. The lowest BCUT2D eigenvalue weighted by molar-refractivity contribution is -0.117. The minimum atomic E-state index is -0.460. The van der Waals surface area contributed by atoms with E-state index in [1.54, 1.807) is 22.8 Å². The molecule has 1 atom stereocenters. The van der Waals surface area contributed by atoms with E-state index in [1.165, 1.54) is 0 Å². The first-order valence-corrected chi connectivity index (χ1v) is 12.8. The number of aryl methyl sites for hydroxylation is 1. The molecule has 1 heterocycles. The summed E-state index contributed by atoms with van der Waals surface area (Å²) < 4.78 is 5.77. The average molecular weight is 487 g/mol. The summed E-state index contributed by atoms with van der Waals surface area (Å²) in [5.74, 6) is 6.99. The van der Waals surface area contributed by atoms with Gasteiger partial charge in [-0.2, -0.15) is 0 Å². The van der Waals surface area contributed by atoms with E-state index in [2.05, 4.69) is 12.2 Å². The highest BCUT2D eigenvalue weighted by Crippen LogP contribution is 2.41. The number of ether oxygens (including phenoxy) is 1. The Morgan fingerprint density at radius 3 is 2.64 bits per heavy atom. The predicted molar refractivity (Wildman–Crippen MR) is 143 cm³/mol. The summed E-state index contributed by atoms with van der Waals surface area (Å²) in [4.78, 5) is 29.4. The summed E-state index contributed by atoms with van der Waals surface area (Å²) in [6.45, 7) is 5.81. The maximum Gasteiger partial charge on any atom is 0.419 e. The number of anilines is 2. The molecular formula is C29H34N4O3. The van der Waals surface area contributed by atoms with Crippen molar-refractivity contribution in [2.75, 3.05) is 16.3 Å². The summed E-state index contributed by atoms with van der Waals surface area (Å²) in [5, 5.41) is 1.94. The topological polar surface area (TPSA) is 79.1 Å². The second-order valence-corrected chi connectivity index (χ2v) is 10.0. The van der Waals surface area contributed by atoms with Crippen molar-refractivity contribution in [2.24, 2.45) is 5.84 Å². The highest BCUT2D eigenvalue weighted by atomic mass is 16.6. The minimum Gasteiger partial charge on any atom is -0.410 e. The van der Waals surface area contributed by atoms with Crippen molar-refractivity contribution in [3.05, 3.63) is 71.4 Å². The van der Waals surface area contributed by atoms with Crippen LogP contribution in [0.25, 0.3) is 5.57 Å². The molecule has 2 amide bonds. The Balaban J connectivity index is 1.58. The third kappa shape index (κ3) is 4.75. The van der Waals surface area contributed by atoms with Crippen molar-refractivity contribution in [3.8, 4) is 5.75 Å². The average Bonchev–Trinajstić information content (AvgIpc) is 3.70. The van der Waals surface area contributed by atoms with Crippen LogP contribution >= 0.6 is 0 Å². The van der Waals surface area contributed by atoms with Crippen molar-refractivity contribution in [1.29, 1.82) is 0 Å². The maximum atomic E-state index is 13.4. The zero-order valence-electron chi connectivity index (χ0n) is 21.2. The van der Waals surface area contributed by atoms with E-state index >= 15 is 0 Å². The van der Waals surface area contributed by atoms with Crippen molar-refractivity contribution < 1.29 is 14.3 Å². The number of rotatable bonds is 4. The SMILES string of the molecule is CC(=O)N1c2ccc(C3=C(N(N)C4CC4)CCCC=C3)cc2N(C(=O)Oc2cccc(C)c2)C[C@@H]1C. The van der Waals surface area contributed by atoms with Crippen LogP contribution in [0.2, 0.25) is 0 Å². The molecule has 1 aliphatic heterocycles. The molecule has 0 unspecified atom stereocenters. The third-order valence-electron chi connectivity index (χ3n) is 7.11. The summed E-state index contributed by atoms with van der Waals surface area (Å²) in [5.41, 5.74) is 5.57. The molecular weight excluding hydrogens is 452 g/mol. The fourth-order valence-electron chi connectivity index (χ4n) is 5.20. The number of carbonyl (C=O) groups excluding carboxylic acids is 2. The normalized spacial score (nSPS) is 19.6. The molecule has 5 rings (SSSR count). The van der Waals surface area contributed by atoms with Gasteiger partial charge >= 0.3 is 6.09 Å². The molecule has 0 bridgehead atoms. The quantitative estimate of drug-likeness (QED) is 0.453. The number of hydrogen-bond donors (Lipinski definition) is 1. The number of nitrogens with two attached hydrogens (primary N) is 1. The van der Waals surface area contributed by atoms with Crippen LogP contribution in [0.1, 0.15) is 57.1 Å². The molecule has 1 saturated carbocycles. The van der Waals surface area contributed by atoms with Gasteiger partial charge < -0.3 is 14.6 Å². The molecule has 2 aromatic rings. The van der Waals surface area contributed by atoms with Crippen LogP contribution in [0.15, 0.2) is 60.3 Å².